The van der Waals surface area contributed by atoms with Crippen LogP contribution >= 0.6 is 23.4 Å². The first-order valence-corrected chi connectivity index (χ1v) is 9.17. The molecule has 6 heteroatoms. The van der Waals surface area contributed by atoms with E-state index in [2.05, 4.69) is 5.32 Å². The van der Waals surface area contributed by atoms with Crippen LogP contribution in [0.2, 0.25) is 5.02 Å². The summed E-state index contributed by atoms with van der Waals surface area (Å²) < 4.78 is 4.99. The van der Waals surface area contributed by atoms with Crippen LogP contribution in [0.5, 0.6) is 0 Å². The molecule has 4 nitrogen and oxygen atoms in total. The second-order valence-electron chi connectivity index (χ2n) is 5.60. The van der Waals surface area contributed by atoms with Gasteiger partial charge in [-0.25, -0.2) is 0 Å². The van der Waals surface area contributed by atoms with Gasteiger partial charge in [-0.05, 0) is 54.8 Å². The molecule has 0 aromatic heterocycles. The minimum absolute atomic E-state index is 0.174. The number of carbonyl (C=O) groups is 2. The first-order valence-electron chi connectivity index (χ1n) is 7.81. The largest absolute Gasteiger partial charge is 0.455 e. The third-order valence-electron chi connectivity index (χ3n) is 3.60. The Bertz CT molecular complexity index is 747. The molecular weight excluding hydrogens is 358 g/mol. The van der Waals surface area contributed by atoms with Gasteiger partial charge < -0.3 is 10.1 Å². The van der Waals surface area contributed by atoms with E-state index in [0.29, 0.717) is 11.6 Å². The first kappa shape index (κ1) is 19.3. The van der Waals surface area contributed by atoms with Crippen molar-refractivity contribution >= 4 is 35.2 Å². The average Bonchev–Trinajstić information content (AvgIpc) is 2.60. The van der Waals surface area contributed by atoms with Gasteiger partial charge in [0.05, 0.1) is 5.75 Å². The third-order valence-corrected chi connectivity index (χ3v) is 4.82. The Kier molecular flexibility index (Phi) is 7.34. The molecule has 2 aromatic carbocycles. The van der Waals surface area contributed by atoms with Crippen molar-refractivity contribution in [1.29, 1.82) is 0 Å². The zero-order valence-electron chi connectivity index (χ0n) is 14.2. The summed E-state index contributed by atoms with van der Waals surface area (Å²) in [6, 6.07) is 13.2. The summed E-state index contributed by atoms with van der Waals surface area (Å²) >= 11 is 7.20. The van der Waals surface area contributed by atoms with Crippen LogP contribution in [0.15, 0.2) is 47.4 Å². The second kappa shape index (κ2) is 9.49. The van der Waals surface area contributed by atoms with Crippen molar-refractivity contribution in [1.82, 2.24) is 5.32 Å². The number of rotatable bonds is 7. The van der Waals surface area contributed by atoms with Gasteiger partial charge in [-0.3, -0.25) is 9.59 Å². The molecule has 0 heterocycles. The normalized spacial score (nSPS) is 10.4. The highest BCUT2D eigenvalue weighted by molar-refractivity contribution is 8.00. The van der Waals surface area contributed by atoms with Gasteiger partial charge in [0.25, 0.3) is 5.91 Å². The highest BCUT2D eigenvalue weighted by Gasteiger charge is 2.08. The standard InChI is InChI=1S/C19H20ClNO3S/c1-13-3-8-17(9-14(13)2)25-12-19(23)24-11-18(22)21-10-15-4-6-16(20)7-5-15/h3-9H,10-12H2,1-2H3,(H,21,22). The highest BCUT2D eigenvalue weighted by atomic mass is 35.5. The molecule has 0 saturated carbocycles. The van der Waals surface area contributed by atoms with E-state index >= 15 is 0 Å². The zero-order valence-corrected chi connectivity index (χ0v) is 15.7. The van der Waals surface area contributed by atoms with Crippen LogP contribution in [-0.2, 0) is 20.9 Å². The molecule has 0 aliphatic carbocycles. The molecule has 1 N–H and O–H groups in total. The average molecular weight is 378 g/mol. The number of thioether (sulfide) groups is 1. The number of nitrogens with one attached hydrogen (secondary N) is 1. The van der Waals surface area contributed by atoms with Crippen molar-refractivity contribution in [2.75, 3.05) is 12.4 Å². The fourth-order valence-electron chi connectivity index (χ4n) is 1.99. The molecule has 0 bridgehead atoms. The Morgan fingerprint density at radius 2 is 1.80 bits per heavy atom. The van der Waals surface area contributed by atoms with Crippen LogP contribution in [0, 0.1) is 13.8 Å². The van der Waals surface area contributed by atoms with Gasteiger partial charge in [-0.1, -0.05) is 29.8 Å². The highest BCUT2D eigenvalue weighted by Crippen LogP contribution is 2.21. The maximum atomic E-state index is 11.7. The number of halogens is 1. The van der Waals surface area contributed by atoms with Crippen LogP contribution in [-0.4, -0.2) is 24.2 Å². The SMILES string of the molecule is Cc1ccc(SCC(=O)OCC(=O)NCc2ccc(Cl)cc2)cc1C. The van der Waals surface area contributed by atoms with Gasteiger partial charge in [0.2, 0.25) is 0 Å². The molecule has 2 rings (SSSR count). The number of benzene rings is 2. The molecule has 0 aliphatic rings. The molecule has 0 radical (unpaired) electrons. The van der Waals surface area contributed by atoms with E-state index in [1.807, 2.05) is 44.2 Å². The molecule has 0 fully saturated rings. The molecule has 25 heavy (non-hydrogen) atoms. The Hall–Kier alpha value is -1.98. The van der Waals surface area contributed by atoms with Crippen LogP contribution < -0.4 is 5.32 Å². The van der Waals surface area contributed by atoms with Crippen molar-refractivity contribution in [2.45, 2.75) is 25.3 Å². The van der Waals surface area contributed by atoms with E-state index < -0.39 is 5.97 Å². The molecule has 2 aromatic rings. The molecule has 0 unspecified atom stereocenters. The molecule has 0 spiro atoms. The van der Waals surface area contributed by atoms with Gasteiger partial charge in [-0.2, -0.15) is 0 Å². The van der Waals surface area contributed by atoms with E-state index in [0.717, 1.165) is 10.5 Å². The number of esters is 1. The van der Waals surface area contributed by atoms with Gasteiger partial charge in [0, 0.05) is 16.5 Å². The molecule has 0 atom stereocenters. The predicted octanol–water partition coefficient (Wildman–Crippen LogP) is 3.91. The fourth-order valence-corrected chi connectivity index (χ4v) is 2.91. The Morgan fingerprint density at radius 3 is 2.48 bits per heavy atom. The van der Waals surface area contributed by atoms with Crippen LogP contribution in [0.3, 0.4) is 0 Å². The molecular formula is C19H20ClNO3S. The van der Waals surface area contributed by atoms with Crippen molar-refractivity contribution in [3.05, 3.63) is 64.2 Å². The third kappa shape index (κ3) is 6.80. The molecule has 1 amide bonds. The zero-order chi connectivity index (χ0) is 18.2. The lowest BCUT2D eigenvalue weighted by Crippen LogP contribution is -2.28. The number of hydrogen-bond acceptors (Lipinski definition) is 4. The van der Waals surface area contributed by atoms with Crippen molar-refractivity contribution in [3.63, 3.8) is 0 Å². The van der Waals surface area contributed by atoms with E-state index in [1.54, 1.807) is 12.1 Å². The smallest absolute Gasteiger partial charge is 0.316 e. The van der Waals surface area contributed by atoms with Crippen molar-refractivity contribution in [2.24, 2.45) is 0 Å². The second-order valence-corrected chi connectivity index (χ2v) is 7.08. The molecule has 132 valence electrons. The lowest BCUT2D eigenvalue weighted by Gasteiger charge is -2.07. The Labute approximate surface area is 156 Å². The summed E-state index contributed by atoms with van der Waals surface area (Å²) in [6.07, 6.45) is 0. The minimum Gasteiger partial charge on any atom is -0.455 e. The van der Waals surface area contributed by atoms with Crippen molar-refractivity contribution in [3.8, 4) is 0 Å². The van der Waals surface area contributed by atoms with Gasteiger partial charge in [-0.15, -0.1) is 11.8 Å². The van der Waals surface area contributed by atoms with Crippen molar-refractivity contribution < 1.29 is 14.3 Å². The predicted molar refractivity (Wildman–Crippen MR) is 101 cm³/mol. The molecule has 0 aliphatic heterocycles. The number of aryl methyl sites for hydroxylation is 2. The van der Waals surface area contributed by atoms with Crippen LogP contribution in [0.1, 0.15) is 16.7 Å². The van der Waals surface area contributed by atoms with Gasteiger partial charge in [0.15, 0.2) is 6.61 Å². The number of amides is 1. The van der Waals surface area contributed by atoms with E-state index in [9.17, 15) is 9.59 Å². The monoisotopic (exact) mass is 377 g/mol. The number of ether oxygens (including phenoxy) is 1. The molecule has 0 saturated heterocycles. The van der Waals surface area contributed by atoms with E-state index in [-0.39, 0.29) is 18.3 Å². The van der Waals surface area contributed by atoms with E-state index in [1.165, 1.54) is 22.9 Å². The maximum Gasteiger partial charge on any atom is 0.316 e. The summed E-state index contributed by atoms with van der Waals surface area (Å²) in [5, 5.41) is 3.34. The maximum absolute atomic E-state index is 11.7. The summed E-state index contributed by atoms with van der Waals surface area (Å²) in [5.74, 6) is -0.572. The Balaban J connectivity index is 1.67. The number of carbonyl (C=O) groups excluding carboxylic acids is 2. The first-order chi connectivity index (χ1) is 11.9. The van der Waals surface area contributed by atoms with Crippen LogP contribution in [0.4, 0.5) is 0 Å². The quantitative estimate of drug-likeness (QED) is 0.587. The summed E-state index contributed by atoms with van der Waals surface area (Å²) in [5.41, 5.74) is 3.32. The lowest BCUT2D eigenvalue weighted by molar-refractivity contribution is -0.145. The fraction of sp³-hybridized carbons (Fsp3) is 0.263. The topological polar surface area (TPSA) is 55.4 Å². The summed E-state index contributed by atoms with van der Waals surface area (Å²) in [6.45, 7) is 4.16. The number of hydrogen-bond donors (Lipinski definition) is 1. The Morgan fingerprint density at radius 1 is 1.08 bits per heavy atom. The minimum atomic E-state index is -0.412. The van der Waals surface area contributed by atoms with Gasteiger partial charge >= 0.3 is 5.97 Å². The van der Waals surface area contributed by atoms with Gasteiger partial charge in [0.1, 0.15) is 0 Å². The summed E-state index contributed by atoms with van der Waals surface area (Å²) in [4.78, 5) is 24.5. The summed E-state index contributed by atoms with van der Waals surface area (Å²) in [7, 11) is 0. The van der Waals surface area contributed by atoms with Crippen LogP contribution in [0.25, 0.3) is 0 Å². The lowest BCUT2D eigenvalue weighted by atomic mass is 10.1. The van der Waals surface area contributed by atoms with E-state index in [4.69, 9.17) is 16.3 Å².